The van der Waals surface area contributed by atoms with Crippen LogP contribution in [0.5, 0.6) is 0 Å². The highest BCUT2D eigenvalue weighted by atomic mass is 16.3. The van der Waals surface area contributed by atoms with Crippen molar-refractivity contribution in [3.05, 3.63) is 188 Å². The average Bonchev–Trinajstić information content (AvgIpc) is 4.03. The molecule has 12 rings (SSSR count). The van der Waals surface area contributed by atoms with E-state index < -0.39 is 48.3 Å². The second-order valence-corrected chi connectivity index (χ2v) is 13.6. The third kappa shape index (κ3) is 4.81. The van der Waals surface area contributed by atoms with Gasteiger partial charge in [0.05, 0.1) is 37.1 Å². The number of para-hydroxylation sites is 3. The van der Waals surface area contributed by atoms with E-state index in [2.05, 4.69) is 0 Å². The molecule has 0 amide bonds. The first kappa shape index (κ1) is 22.5. The van der Waals surface area contributed by atoms with Gasteiger partial charge in [0.15, 0.2) is 11.6 Å². The van der Waals surface area contributed by atoms with Gasteiger partial charge in [-0.15, -0.1) is 0 Å². The van der Waals surface area contributed by atoms with Crippen molar-refractivity contribution in [1.29, 1.82) is 0 Å². The number of nitrogens with zero attached hydrogens (tertiary/aromatic N) is 5. The topological polar surface area (TPSA) is 61.7 Å². The zero-order valence-corrected chi connectivity index (χ0v) is 29.7. The van der Waals surface area contributed by atoms with Crippen LogP contribution in [0, 0.1) is 0 Å². The fourth-order valence-electron chi connectivity index (χ4n) is 8.00. The zero-order valence-electron chi connectivity index (χ0n) is 40.7. The summed E-state index contributed by atoms with van der Waals surface area (Å²) in [5.41, 5.74) is 3.02. The quantitative estimate of drug-likeness (QED) is 0.176. The molecule has 4 aromatic heterocycles. The van der Waals surface area contributed by atoms with Crippen molar-refractivity contribution in [3.8, 4) is 45.5 Å². The van der Waals surface area contributed by atoms with E-state index in [4.69, 9.17) is 29.0 Å². The molecule has 0 fully saturated rings. The Bertz CT molecular complexity index is 4100. The molecule has 0 aliphatic heterocycles. The van der Waals surface area contributed by atoms with Crippen LogP contribution in [0.1, 0.15) is 15.1 Å². The fraction of sp³-hybridized carbons (Fsp3) is 0. The van der Waals surface area contributed by atoms with Crippen LogP contribution in [0.3, 0.4) is 0 Å². The predicted molar refractivity (Wildman–Crippen MR) is 232 cm³/mol. The van der Waals surface area contributed by atoms with Gasteiger partial charge in [-0.3, -0.25) is 4.57 Å². The molecule has 0 aliphatic rings. The first-order valence-electron chi connectivity index (χ1n) is 23.7. The van der Waals surface area contributed by atoms with Crippen LogP contribution in [0.25, 0.3) is 111 Å². The SMILES string of the molecule is [2H]c1c([2H])c([2H])c(-c2cccc3c2c2ccccc2n3-c2c([2H])c([2H])c3c(oc4c([2H])c([2H])c([2H])c(-c5nc(-c6ccccc6)nc(-n6c7ccccc7c7ccccc76)n5)c43)c2[2H])c([2H])c1[2H]. The summed E-state index contributed by atoms with van der Waals surface area (Å²) < 4.78 is 110. The molecule has 12 aromatic rings. The highest BCUT2D eigenvalue weighted by Crippen LogP contribution is 2.41. The van der Waals surface area contributed by atoms with Gasteiger partial charge in [-0.05, 0) is 53.5 Å². The molecule has 0 atom stereocenters. The largest absolute Gasteiger partial charge is 0.456 e. The zero-order chi connectivity index (χ0) is 47.0. The Balaban J connectivity index is 1.17. The molecule has 266 valence electrons. The molecule has 0 saturated heterocycles. The predicted octanol–water partition coefficient (Wildman–Crippen LogP) is 13.0. The number of furan rings is 1. The molecule has 0 radical (unpaired) electrons. The summed E-state index contributed by atoms with van der Waals surface area (Å²) in [5.74, 6) is 0.406. The van der Waals surface area contributed by atoms with E-state index in [1.54, 1.807) is 47.0 Å². The molecule has 0 N–H and O–H groups in total. The Morgan fingerprint density at radius 1 is 0.421 bits per heavy atom. The maximum atomic E-state index is 9.84. The minimum atomic E-state index is -0.525. The van der Waals surface area contributed by atoms with Gasteiger partial charge in [-0.1, -0.05) is 139 Å². The van der Waals surface area contributed by atoms with Gasteiger partial charge >= 0.3 is 0 Å². The van der Waals surface area contributed by atoms with E-state index in [9.17, 15) is 5.48 Å². The molecule has 0 spiro atoms. The monoisotopic (exact) mass is 740 g/mol. The van der Waals surface area contributed by atoms with E-state index in [0.717, 1.165) is 21.8 Å². The summed E-state index contributed by atoms with van der Waals surface area (Å²) in [6.45, 7) is 0. The van der Waals surface area contributed by atoms with Crippen LogP contribution in [-0.4, -0.2) is 24.1 Å². The second-order valence-electron chi connectivity index (χ2n) is 13.6. The Labute approximate surface area is 342 Å². The second kappa shape index (κ2) is 12.3. The van der Waals surface area contributed by atoms with Crippen LogP contribution in [0.15, 0.2) is 192 Å². The van der Waals surface area contributed by atoms with Gasteiger partial charge < -0.3 is 8.98 Å². The Kier molecular flexibility index (Phi) is 4.88. The van der Waals surface area contributed by atoms with Gasteiger partial charge in [0.2, 0.25) is 5.95 Å². The van der Waals surface area contributed by atoms with Gasteiger partial charge in [-0.25, -0.2) is 4.98 Å². The van der Waals surface area contributed by atoms with E-state index in [1.807, 2.05) is 83.4 Å². The maximum absolute atomic E-state index is 9.84. The summed E-state index contributed by atoms with van der Waals surface area (Å²) in [7, 11) is 0. The lowest BCUT2D eigenvalue weighted by atomic mass is 9.99. The van der Waals surface area contributed by atoms with Crippen molar-refractivity contribution in [1.82, 2.24) is 24.1 Å². The van der Waals surface area contributed by atoms with Gasteiger partial charge in [0, 0.05) is 55.2 Å². The lowest BCUT2D eigenvalue weighted by Gasteiger charge is -2.11. The molecular weight excluding hydrogens is 699 g/mol. The van der Waals surface area contributed by atoms with Crippen molar-refractivity contribution in [2.75, 3.05) is 0 Å². The number of hydrogen-bond acceptors (Lipinski definition) is 4. The van der Waals surface area contributed by atoms with E-state index in [-0.39, 0.29) is 74.5 Å². The van der Waals surface area contributed by atoms with Crippen LogP contribution in [-0.2, 0) is 0 Å². The summed E-state index contributed by atoms with van der Waals surface area (Å²) in [4.78, 5) is 14.9. The van der Waals surface area contributed by atoms with Crippen molar-refractivity contribution in [3.63, 3.8) is 0 Å². The number of rotatable bonds is 5. The van der Waals surface area contributed by atoms with Crippen LogP contribution >= 0.6 is 0 Å². The summed E-state index contributed by atoms with van der Waals surface area (Å²) in [6.07, 6.45) is 0. The molecule has 0 bridgehead atoms. The summed E-state index contributed by atoms with van der Waals surface area (Å²) in [5, 5.41) is 2.98. The van der Waals surface area contributed by atoms with Crippen LogP contribution in [0.2, 0.25) is 0 Å². The van der Waals surface area contributed by atoms with E-state index in [1.165, 1.54) is 0 Å². The lowest BCUT2D eigenvalue weighted by molar-refractivity contribution is 0.668. The summed E-state index contributed by atoms with van der Waals surface area (Å²) >= 11 is 0. The minimum absolute atomic E-state index is 0.0152. The first-order valence-corrected chi connectivity index (χ1v) is 18.2. The molecule has 0 aliphatic carbocycles. The normalized spacial score (nSPS) is 14.6. The maximum Gasteiger partial charge on any atom is 0.238 e. The number of fused-ring (bicyclic) bond motifs is 9. The molecule has 6 heteroatoms. The molecule has 6 nitrogen and oxygen atoms in total. The Morgan fingerprint density at radius 3 is 1.86 bits per heavy atom. The molecule has 57 heavy (non-hydrogen) atoms. The third-order valence-electron chi connectivity index (χ3n) is 10.4. The smallest absolute Gasteiger partial charge is 0.238 e. The van der Waals surface area contributed by atoms with Crippen molar-refractivity contribution >= 4 is 65.6 Å². The number of hydrogen-bond donors (Lipinski definition) is 0. The van der Waals surface area contributed by atoms with Crippen molar-refractivity contribution in [2.45, 2.75) is 0 Å². The van der Waals surface area contributed by atoms with Gasteiger partial charge in [-0.2, -0.15) is 9.97 Å². The standard InChI is InChI=1S/C51H31N5O/c1-3-15-32(16-4-1)35-22-13-27-44-47(35)38-21-9-12-26-43(38)55(44)34-29-30-39-46(31-34)57-45-28-14-23-40(48(39)45)50-52-49(33-17-5-2-6-18-33)53-51(54-50)56-41-24-10-7-19-36(41)37-20-8-11-25-42(37)56/h1-31H/i1D,3D,4D,14D,15D,16D,23D,28D,29D,30D,31D. The Morgan fingerprint density at radius 2 is 1.09 bits per heavy atom. The van der Waals surface area contributed by atoms with Crippen LogP contribution < -0.4 is 0 Å². The molecule has 0 saturated carbocycles. The first-order chi connectivity index (χ1) is 32.9. The minimum Gasteiger partial charge on any atom is -0.456 e. The molecule has 4 heterocycles. The number of benzene rings is 8. The van der Waals surface area contributed by atoms with E-state index >= 15 is 0 Å². The van der Waals surface area contributed by atoms with Crippen LogP contribution in [0.4, 0.5) is 0 Å². The molecular formula is C51H31N5O. The van der Waals surface area contributed by atoms with Gasteiger partial charge in [0.25, 0.3) is 0 Å². The molecule has 0 unspecified atom stereocenters. The lowest BCUT2D eigenvalue weighted by Crippen LogP contribution is -2.06. The molecule has 8 aromatic carbocycles. The highest BCUT2D eigenvalue weighted by molar-refractivity contribution is 6.17. The third-order valence-corrected chi connectivity index (χ3v) is 10.4. The van der Waals surface area contributed by atoms with E-state index in [0.29, 0.717) is 32.9 Å². The van der Waals surface area contributed by atoms with Crippen molar-refractivity contribution in [2.24, 2.45) is 0 Å². The average molecular weight is 741 g/mol. The summed E-state index contributed by atoms with van der Waals surface area (Å²) in [6, 6.07) is 32.3. The number of aromatic nitrogens is 5. The fourth-order valence-corrected chi connectivity index (χ4v) is 8.00. The van der Waals surface area contributed by atoms with Crippen molar-refractivity contribution < 1.29 is 19.5 Å². The highest BCUT2D eigenvalue weighted by Gasteiger charge is 2.22. The Hall–Kier alpha value is -7.83. The van der Waals surface area contributed by atoms with Gasteiger partial charge in [0.1, 0.15) is 11.2 Å².